The monoisotopic (exact) mass is 628 g/mol. The highest BCUT2D eigenvalue weighted by atomic mass is 19.4. The molecule has 0 aliphatic carbocycles. The number of hydrazone groups is 1. The highest BCUT2D eigenvalue weighted by Crippen LogP contribution is 2.58. The van der Waals surface area contributed by atoms with Gasteiger partial charge in [-0.3, -0.25) is 4.79 Å². The summed E-state index contributed by atoms with van der Waals surface area (Å²) in [5.74, 6) is -38.2. The molecule has 2 aromatic rings. The average molecular weight is 628 g/mol. The van der Waals surface area contributed by atoms with Crippen molar-refractivity contribution in [3.8, 4) is 0 Å². The van der Waals surface area contributed by atoms with Crippen LogP contribution in [-0.4, -0.2) is 54.4 Å². The molecular formula is C23H17F13N4O2. The number of amides is 1. The molecule has 42 heavy (non-hydrogen) atoms. The lowest BCUT2D eigenvalue weighted by atomic mass is 9.94. The summed E-state index contributed by atoms with van der Waals surface area (Å²) in [5.41, 5.74) is 4.97. The molecule has 3 rings (SSSR count). The second-order valence-electron chi connectivity index (χ2n) is 8.74. The minimum absolute atomic E-state index is 0.00870. The number of benzene rings is 2. The zero-order valence-corrected chi connectivity index (χ0v) is 20.4. The Hall–Kier alpha value is -3.77. The maximum absolute atomic E-state index is 14.4. The Balaban J connectivity index is 1.81. The number of alkyl halides is 12. The Bertz CT molecular complexity index is 1340. The fourth-order valence-electron chi connectivity index (χ4n) is 3.57. The van der Waals surface area contributed by atoms with Gasteiger partial charge in [-0.1, -0.05) is 30.3 Å². The number of carbonyl (C=O) groups excluding carboxylic acids is 1. The number of carbonyl (C=O) groups is 1. The zero-order valence-electron chi connectivity index (χ0n) is 20.4. The SMILES string of the molecule is NC(=O)C1=NN(c2cccc(COCC(F)(F)C(F)(F)C(F)(F)C(F)(F)C(F)(F)C(F)F)c2)C(c2ccccc2F)N1. The highest BCUT2D eigenvalue weighted by molar-refractivity contribution is 6.38. The Kier molecular flexibility index (Phi) is 8.68. The fourth-order valence-corrected chi connectivity index (χ4v) is 3.57. The van der Waals surface area contributed by atoms with Crippen molar-refractivity contribution in [2.24, 2.45) is 10.8 Å². The molecule has 2 aromatic carbocycles. The van der Waals surface area contributed by atoms with E-state index >= 15 is 0 Å². The number of hydrogen-bond acceptors (Lipinski definition) is 5. The Morgan fingerprint density at radius 2 is 1.55 bits per heavy atom. The molecule has 1 aliphatic heterocycles. The Labute approximate surface area is 226 Å². The number of rotatable bonds is 12. The molecular weight excluding hydrogens is 611 g/mol. The number of nitrogens with one attached hydrogen (secondary N) is 1. The summed E-state index contributed by atoms with van der Waals surface area (Å²) in [6, 6.07) is 9.87. The first-order valence-electron chi connectivity index (χ1n) is 11.2. The molecule has 0 saturated heterocycles. The molecule has 1 amide bonds. The maximum Gasteiger partial charge on any atom is 0.384 e. The van der Waals surface area contributed by atoms with Crippen molar-refractivity contribution in [3.05, 3.63) is 65.5 Å². The van der Waals surface area contributed by atoms with Crippen LogP contribution in [0, 0.1) is 5.82 Å². The number of halogens is 13. The topological polar surface area (TPSA) is 80.0 Å². The first kappa shape index (κ1) is 32.7. The second kappa shape index (κ2) is 11.1. The second-order valence-corrected chi connectivity index (χ2v) is 8.74. The molecule has 19 heteroatoms. The van der Waals surface area contributed by atoms with E-state index in [1.807, 2.05) is 0 Å². The summed E-state index contributed by atoms with van der Waals surface area (Å²) in [4.78, 5) is 11.6. The van der Waals surface area contributed by atoms with Crippen LogP contribution >= 0.6 is 0 Å². The van der Waals surface area contributed by atoms with Crippen LogP contribution in [0.25, 0.3) is 0 Å². The smallest absolute Gasteiger partial charge is 0.370 e. The molecule has 1 aliphatic rings. The van der Waals surface area contributed by atoms with Gasteiger partial charge in [0.05, 0.1) is 12.3 Å². The molecule has 3 N–H and O–H groups in total. The van der Waals surface area contributed by atoms with Gasteiger partial charge in [-0.15, -0.1) is 5.10 Å². The van der Waals surface area contributed by atoms with Gasteiger partial charge in [-0.05, 0) is 23.8 Å². The summed E-state index contributed by atoms with van der Waals surface area (Å²) >= 11 is 0. The first-order valence-corrected chi connectivity index (χ1v) is 11.2. The van der Waals surface area contributed by atoms with Crippen LogP contribution in [0.1, 0.15) is 17.3 Å². The summed E-state index contributed by atoms with van der Waals surface area (Å²) in [6.45, 7) is -3.85. The standard InChI is InChI=1S/C23H17F13N4O2/c24-14-7-2-1-6-13(14)17-38-16(15(37)41)39-40(17)12-5-3-4-11(8-12)9-42-10-19(27,28)21(31,32)23(35,36)22(33,34)20(29,30)18(25)26/h1-8,17-18H,9-10H2,(H2,37,41)(H,38,39). The van der Waals surface area contributed by atoms with Gasteiger partial charge in [-0.2, -0.15) is 43.9 Å². The van der Waals surface area contributed by atoms with Crippen LogP contribution in [0.3, 0.4) is 0 Å². The predicted octanol–water partition coefficient (Wildman–Crippen LogP) is 5.69. The van der Waals surface area contributed by atoms with E-state index in [1.54, 1.807) is 0 Å². The number of hydrogen-bond donors (Lipinski definition) is 2. The van der Waals surface area contributed by atoms with Crippen molar-refractivity contribution in [1.29, 1.82) is 0 Å². The van der Waals surface area contributed by atoms with Crippen LogP contribution in [0.5, 0.6) is 0 Å². The quantitative estimate of drug-likeness (QED) is 0.296. The number of primary amides is 1. The summed E-state index contributed by atoms with van der Waals surface area (Å²) < 4.78 is 179. The molecule has 0 bridgehead atoms. The van der Waals surface area contributed by atoms with E-state index in [4.69, 9.17) is 5.73 Å². The zero-order chi connectivity index (χ0) is 31.9. The summed E-state index contributed by atoms with van der Waals surface area (Å²) in [7, 11) is 0. The van der Waals surface area contributed by atoms with Crippen LogP contribution in [-0.2, 0) is 16.1 Å². The minimum atomic E-state index is -7.66. The fraction of sp³-hybridized carbons (Fsp3) is 0.391. The van der Waals surface area contributed by atoms with Gasteiger partial charge < -0.3 is 15.8 Å². The first-order chi connectivity index (χ1) is 19.2. The van der Waals surface area contributed by atoms with Gasteiger partial charge in [0.15, 0.2) is 6.17 Å². The molecule has 0 saturated carbocycles. The molecule has 6 nitrogen and oxygen atoms in total. The third kappa shape index (κ3) is 5.52. The lowest BCUT2D eigenvalue weighted by Crippen LogP contribution is -2.69. The van der Waals surface area contributed by atoms with E-state index in [0.29, 0.717) is 0 Å². The molecule has 1 atom stereocenters. The average Bonchev–Trinajstić information content (AvgIpc) is 3.34. The van der Waals surface area contributed by atoms with E-state index in [0.717, 1.165) is 23.2 Å². The summed E-state index contributed by atoms with van der Waals surface area (Å²) in [5, 5.41) is 7.46. The lowest BCUT2D eigenvalue weighted by Gasteiger charge is -2.39. The largest absolute Gasteiger partial charge is 0.384 e. The molecule has 232 valence electrons. The van der Waals surface area contributed by atoms with Crippen molar-refractivity contribution < 1.29 is 66.6 Å². The van der Waals surface area contributed by atoms with Gasteiger partial charge >= 0.3 is 36.0 Å². The molecule has 0 fully saturated rings. The summed E-state index contributed by atoms with van der Waals surface area (Å²) in [6.07, 6.45) is -6.79. The molecule has 1 unspecified atom stereocenters. The van der Waals surface area contributed by atoms with Crippen molar-refractivity contribution >= 4 is 17.4 Å². The van der Waals surface area contributed by atoms with Crippen molar-refractivity contribution in [2.45, 2.75) is 48.8 Å². The number of ether oxygens (including phenoxy) is 1. The maximum atomic E-state index is 14.4. The Morgan fingerprint density at radius 3 is 2.12 bits per heavy atom. The van der Waals surface area contributed by atoms with Gasteiger partial charge in [0.1, 0.15) is 12.4 Å². The van der Waals surface area contributed by atoms with Crippen molar-refractivity contribution in [2.75, 3.05) is 11.6 Å². The van der Waals surface area contributed by atoms with Crippen molar-refractivity contribution in [1.82, 2.24) is 5.32 Å². The number of amidine groups is 1. The Morgan fingerprint density at radius 1 is 0.929 bits per heavy atom. The van der Waals surface area contributed by atoms with Crippen LogP contribution in [0.2, 0.25) is 0 Å². The predicted molar refractivity (Wildman–Crippen MR) is 118 cm³/mol. The van der Waals surface area contributed by atoms with E-state index in [9.17, 15) is 61.9 Å². The van der Waals surface area contributed by atoms with Crippen molar-refractivity contribution in [3.63, 3.8) is 0 Å². The van der Waals surface area contributed by atoms with Crippen LogP contribution in [0.4, 0.5) is 62.8 Å². The van der Waals surface area contributed by atoms with E-state index in [1.165, 1.54) is 30.3 Å². The van der Waals surface area contributed by atoms with Crippen LogP contribution in [0.15, 0.2) is 53.6 Å². The van der Waals surface area contributed by atoms with Gasteiger partial charge in [-0.25, -0.2) is 18.2 Å². The number of anilines is 1. The molecule has 0 aromatic heterocycles. The minimum Gasteiger partial charge on any atom is -0.370 e. The third-order valence-corrected chi connectivity index (χ3v) is 5.83. The lowest BCUT2D eigenvalue weighted by molar-refractivity contribution is -0.415. The number of nitrogens with zero attached hydrogens (tertiary/aromatic N) is 2. The molecule has 0 spiro atoms. The van der Waals surface area contributed by atoms with Gasteiger partial charge in [0, 0.05) is 5.56 Å². The van der Waals surface area contributed by atoms with Gasteiger partial charge in [0.25, 0.3) is 5.91 Å². The number of nitrogens with two attached hydrogens (primary N) is 1. The van der Waals surface area contributed by atoms with Gasteiger partial charge in [0.2, 0.25) is 5.84 Å². The normalized spacial score (nSPS) is 17.0. The highest BCUT2D eigenvalue weighted by Gasteiger charge is 2.87. The molecule has 0 radical (unpaired) electrons. The van der Waals surface area contributed by atoms with E-state index in [2.05, 4.69) is 15.2 Å². The third-order valence-electron chi connectivity index (χ3n) is 5.83. The molecule has 1 heterocycles. The van der Waals surface area contributed by atoms with E-state index in [-0.39, 0.29) is 16.8 Å². The van der Waals surface area contributed by atoms with E-state index < -0.39 is 73.0 Å². The van der Waals surface area contributed by atoms with Crippen LogP contribution < -0.4 is 16.1 Å².